The third-order valence-electron chi connectivity index (χ3n) is 9.56. The molecule has 0 radical (unpaired) electrons. The molecule has 0 aromatic heterocycles. The van der Waals surface area contributed by atoms with Crippen LogP contribution < -0.4 is 14.5 Å². The highest BCUT2D eigenvalue weighted by atomic mass is 35.5. The summed E-state index contributed by atoms with van der Waals surface area (Å²) in [7, 11) is 0. The lowest BCUT2D eigenvalue weighted by Gasteiger charge is -2.40. The van der Waals surface area contributed by atoms with Crippen molar-refractivity contribution in [2.24, 2.45) is 11.8 Å². The molecule has 10 heteroatoms. The van der Waals surface area contributed by atoms with Crippen LogP contribution in [0.3, 0.4) is 0 Å². The molecule has 44 heavy (non-hydrogen) atoms. The summed E-state index contributed by atoms with van der Waals surface area (Å²) in [5.74, 6) is -2.18. The first-order chi connectivity index (χ1) is 21.3. The number of para-hydroxylation sites is 1. The lowest BCUT2D eigenvalue weighted by atomic mass is 9.73. The van der Waals surface area contributed by atoms with Crippen LogP contribution in [0.1, 0.15) is 33.6 Å². The van der Waals surface area contributed by atoms with Crippen molar-refractivity contribution in [1.29, 1.82) is 0 Å². The van der Waals surface area contributed by atoms with Gasteiger partial charge in [0.25, 0.3) is 5.91 Å². The van der Waals surface area contributed by atoms with Gasteiger partial charge in [-0.15, -0.1) is 0 Å². The van der Waals surface area contributed by atoms with Gasteiger partial charge in [0, 0.05) is 18.8 Å². The molecule has 6 rings (SSSR count). The quantitative estimate of drug-likeness (QED) is 0.441. The molecule has 1 N–H and O–H groups in total. The zero-order chi connectivity index (χ0) is 31.2. The van der Waals surface area contributed by atoms with Crippen molar-refractivity contribution in [2.45, 2.75) is 56.9 Å². The topological polar surface area (TPSA) is 99.6 Å². The number of rotatable bonds is 8. The average molecular weight is 620 g/mol. The largest absolute Gasteiger partial charge is 0.494 e. The summed E-state index contributed by atoms with van der Waals surface area (Å²) in [4.78, 5) is 48.8. The number of aliphatic hydroxyl groups excluding tert-OH is 1. The molecule has 232 valence electrons. The Morgan fingerprint density at radius 2 is 1.64 bits per heavy atom. The molecule has 2 aromatic rings. The molecule has 1 unspecified atom stereocenters. The van der Waals surface area contributed by atoms with Crippen molar-refractivity contribution >= 4 is 40.7 Å². The summed E-state index contributed by atoms with van der Waals surface area (Å²) in [5.41, 5.74) is -1.36. The second kappa shape index (κ2) is 11.7. The van der Waals surface area contributed by atoms with Crippen LogP contribution in [0.5, 0.6) is 5.75 Å². The molecule has 2 fully saturated rings. The Balaban J connectivity index is 1.49. The first kappa shape index (κ1) is 30.4. The molecular formula is C34H38ClN3O6. The van der Waals surface area contributed by atoms with Gasteiger partial charge < -0.3 is 29.3 Å². The van der Waals surface area contributed by atoms with Crippen LogP contribution in [0, 0.1) is 11.8 Å². The lowest BCUT2D eigenvalue weighted by molar-refractivity contribution is -0.149. The average Bonchev–Trinajstić information content (AvgIpc) is 3.32. The van der Waals surface area contributed by atoms with Gasteiger partial charge >= 0.3 is 0 Å². The summed E-state index contributed by atoms with van der Waals surface area (Å²) in [6.45, 7) is 6.42. The van der Waals surface area contributed by atoms with E-state index in [1.54, 1.807) is 34.1 Å². The third-order valence-corrected chi connectivity index (χ3v) is 9.88. The van der Waals surface area contributed by atoms with E-state index in [0.717, 1.165) is 0 Å². The number of anilines is 2. The minimum absolute atomic E-state index is 0.209. The van der Waals surface area contributed by atoms with Gasteiger partial charge in [0.2, 0.25) is 11.8 Å². The van der Waals surface area contributed by atoms with Gasteiger partial charge in [-0.05, 0) is 56.2 Å². The van der Waals surface area contributed by atoms with Gasteiger partial charge in [-0.3, -0.25) is 14.4 Å². The van der Waals surface area contributed by atoms with Crippen molar-refractivity contribution < 1.29 is 29.0 Å². The van der Waals surface area contributed by atoms with E-state index < -0.39 is 35.1 Å². The molecule has 0 aliphatic carbocycles. The maximum absolute atomic E-state index is 14.7. The molecular weight excluding hydrogens is 582 g/mol. The SMILES string of the molecule is CCOc1ccc(N2CC=C[C@]3(CC)O[C@]45C=CCN(c6ccccc6Cl)C(=O)C4N([C@@H](CC)CO)C(=O)[C@@H]5[C@@H]3C2=O)cc1. The molecule has 0 bridgehead atoms. The van der Waals surface area contributed by atoms with Crippen LogP contribution in [0.15, 0.2) is 72.8 Å². The van der Waals surface area contributed by atoms with Crippen LogP contribution in [-0.2, 0) is 19.1 Å². The van der Waals surface area contributed by atoms with Gasteiger partial charge in [0.1, 0.15) is 17.4 Å². The number of ether oxygens (including phenoxy) is 2. The highest BCUT2D eigenvalue weighted by molar-refractivity contribution is 6.34. The number of benzene rings is 2. The van der Waals surface area contributed by atoms with Gasteiger partial charge in [0.05, 0.1) is 47.4 Å². The van der Waals surface area contributed by atoms with Gasteiger partial charge in [-0.2, -0.15) is 0 Å². The number of fused-ring (bicyclic) bond motifs is 2. The van der Waals surface area contributed by atoms with Crippen molar-refractivity contribution in [3.8, 4) is 5.75 Å². The number of nitrogens with zero attached hydrogens (tertiary/aromatic N) is 3. The van der Waals surface area contributed by atoms with Gasteiger partial charge in [0.15, 0.2) is 0 Å². The Kier molecular flexibility index (Phi) is 8.07. The maximum Gasteiger partial charge on any atom is 0.253 e. The number of carbonyl (C=O) groups is 3. The molecule has 2 saturated heterocycles. The molecule has 0 saturated carbocycles. The number of hydrogen-bond donors (Lipinski definition) is 1. The van der Waals surface area contributed by atoms with E-state index in [4.69, 9.17) is 21.1 Å². The van der Waals surface area contributed by atoms with Crippen molar-refractivity contribution in [2.75, 3.05) is 36.1 Å². The number of amides is 3. The van der Waals surface area contributed by atoms with Crippen LogP contribution >= 0.6 is 11.6 Å². The summed E-state index contributed by atoms with van der Waals surface area (Å²) in [5, 5.41) is 10.8. The van der Waals surface area contributed by atoms with Crippen LogP contribution in [-0.4, -0.2) is 77.3 Å². The fourth-order valence-electron chi connectivity index (χ4n) is 7.51. The van der Waals surface area contributed by atoms with Crippen molar-refractivity contribution in [3.05, 3.63) is 77.9 Å². The molecule has 4 heterocycles. The zero-order valence-corrected chi connectivity index (χ0v) is 25.9. The van der Waals surface area contributed by atoms with Crippen LogP contribution in [0.25, 0.3) is 0 Å². The maximum atomic E-state index is 14.7. The zero-order valence-electron chi connectivity index (χ0n) is 25.2. The van der Waals surface area contributed by atoms with Crippen molar-refractivity contribution in [1.82, 2.24) is 4.90 Å². The molecule has 3 amide bonds. The Morgan fingerprint density at radius 3 is 2.30 bits per heavy atom. The smallest absolute Gasteiger partial charge is 0.253 e. The Morgan fingerprint density at radius 1 is 0.932 bits per heavy atom. The van der Waals surface area contributed by atoms with Crippen molar-refractivity contribution in [3.63, 3.8) is 0 Å². The Hall–Kier alpha value is -3.66. The van der Waals surface area contributed by atoms with Gasteiger partial charge in [-0.1, -0.05) is 61.9 Å². The Bertz CT molecular complexity index is 1510. The molecule has 2 aromatic carbocycles. The highest BCUT2D eigenvalue weighted by Crippen LogP contribution is 2.59. The van der Waals surface area contributed by atoms with Gasteiger partial charge in [-0.25, -0.2) is 0 Å². The number of carbonyl (C=O) groups excluding carboxylic acids is 3. The van der Waals surface area contributed by atoms with Crippen LogP contribution in [0.4, 0.5) is 11.4 Å². The monoisotopic (exact) mass is 619 g/mol. The molecule has 9 nitrogen and oxygen atoms in total. The van der Waals surface area contributed by atoms with E-state index >= 15 is 0 Å². The minimum Gasteiger partial charge on any atom is -0.494 e. The second-order valence-electron chi connectivity index (χ2n) is 11.7. The predicted molar refractivity (Wildman–Crippen MR) is 168 cm³/mol. The Labute approximate surface area is 262 Å². The summed E-state index contributed by atoms with van der Waals surface area (Å²) in [6, 6.07) is 12.6. The summed E-state index contributed by atoms with van der Waals surface area (Å²) in [6.07, 6.45) is 8.30. The minimum atomic E-state index is -1.44. The van der Waals surface area contributed by atoms with E-state index in [1.165, 1.54) is 4.90 Å². The molecule has 4 aliphatic rings. The fraction of sp³-hybridized carbons (Fsp3) is 0.441. The molecule has 1 spiro atoms. The predicted octanol–water partition coefficient (Wildman–Crippen LogP) is 4.38. The second-order valence-corrected chi connectivity index (χ2v) is 12.1. The van der Waals surface area contributed by atoms with E-state index in [1.807, 2.05) is 69.3 Å². The number of hydrogen-bond acceptors (Lipinski definition) is 6. The van der Waals surface area contributed by atoms with E-state index in [-0.39, 0.29) is 30.9 Å². The standard InChI is InChI=1S/C34H38ClN3O6/c1-4-22(21-39)38-29-32(42)37(26-12-8-7-11-25(26)35)20-10-18-34(29)28(31(38)41)27-30(40)36(19-9-17-33(27,5-2)44-34)23-13-15-24(16-14-23)43-6-3/h7-18,22,27-29,39H,4-6,19-21H2,1-3H3/t22-,27+,28-,29?,33-,34-/m0/s1. The summed E-state index contributed by atoms with van der Waals surface area (Å²) >= 11 is 6.56. The van der Waals surface area contributed by atoms with E-state index in [0.29, 0.717) is 48.1 Å². The first-order valence-corrected chi connectivity index (χ1v) is 15.7. The van der Waals surface area contributed by atoms with E-state index in [2.05, 4.69) is 0 Å². The fourth-order valence-corrected chi connectivity index (χ4v) is 7.75. The first-order valence-electron chi connectivity index (χ1n) is 15.4. The number of likely N-dealkylation sites (tertiary alicyclic amines) is 1. The van der Waals surface area contributed by atoms with Crippen LogP contribution in [0.2, 0.25) is 5.02 Å². The normalized spacial score (nSPS) is 30.2. The summed E-state index contributed by atoms with van der Waals surface area (Å²) < 4.78 is 12.6. The lowest BCUT2D eigenvalue weighted by Crippen LogP contribution is -2.59. The van der Waals surface area contributed by atoms with E-state index in [9.17, 15) is 19.5 Å². The highest BCUT2D eigenvalue weighted by Gasteiger charge is 2.76. The third kappa shape index (κ3) is 4.47. The number of aliphatic hydroxyl groups is 1. The number of halogens is 1. The molecule has 6 atom stereocenters. The molecule has 4 aliphatic heterocycles.